The molecule has 4 N–H and O–H groups in total. The van der Waals surface area contributed by atoms with Crippen molar-refractivity contribution in [3.05, 3.63) is 72.8 Å². The second-order valence-electron chi connectivity index (χ2n) is 7.09. The SMILES string of the molecule is COc1ccc2[nH]c(O)c(N=NC(=O)COc3ccc(NC(=O)Nc4ccccc4)cc3)c2c1. The maximum Gasteiger partial charge on any atom is 0.323 e. The van der Waals surface area contributed by atoms with Gasteiger partial charge in [-0.3, -0.25) is 4.79 Å². The summed E-state index contributed by atoms with van der Waals surface area (Å²) in [5.41, 5.74) is 1.98. The van der Waals surface area contributed by atoms with Crippen LogP contribution in [0, 0.1) is 0 Å². The minimum Gasteiger partial charge on any atom is -0.497 e. The van der Waals surface area contributed by atoms with Crippen LogP contribution in [0.1, 0.15) is 0 Å². The van der Waals surface area contributed by atoms with E-state index in [4.69, 9.17) is 9.47 Å². The summed E-state index contributed by atoms with van der Waals surface area (Å²) in [6.07, 6.45) is 0. The summed E-state index contributed by atoms with van der Waals surface area (Å²) in [7, 11) is 1.53. The predicted molar refractivity (Wildman–Crippen MR) is 127 cm³/mol. The van der Waals surface area contributed by atoms with Crippen molar-refractivity contribution in [2.75, 3.05) is 24.4 Å². The van der Waals surface area contributed by atoms with Gasteiger partial charge in [0.05, 0.1) is 12.6 Å². The molecule has 0 atom stereocenters. The summed E-state index contributed by atoms with van der Waals surface area (Å²) >= 11 is 0. The normalized spacial score (nSPS) is 10.9. The molecular weight excluding hydrogens is 438 g/mol. The molecule has 0 fully saturated rings. The Hall–Kier alpha value is -4.86. The Morgan fingerprint density at radius 2 is 1.62 bits per heavy atom. The molecule has 1 heterocycles. The standard InChI is InChI=1S/C24H21N5O5/c1-33-18-11-12-20-19(13-18)22(23(31)27-20)29-28-21(30)14-34-17-9-7-16(8-10-17)26-24(32)25-15-5-3-2-4-6-15/h2-13,27,31H,14H2,1H3,(H2,25,26,32). The van der Waals surface area contributed by atoms with Gasteiger partial charge in [-0.1, -0.05) is 18.2 Å². The number of urea groups is 1. The zero-order valence-electron chi connectivity index (χ0n) is 18.1. The van der Waals surface area contributed by atoms with Gasteiger partial charge < -0.3 is 30.2 Å². The Balaban J connectivity index is 1.31. The van der Waals surface area contributed by atoms with Crippen LogP contribution in [0.5, 0.6) is 17.4 Å². The van der Waals surface area contributed by atoms with E-state index in [9.17, 15) is 14.7 Å². The summed E-state index contributed by atoms with van der Waals surface area (Å²) in [4.78, 5) is 26.9. The highest BCUT2D eigenvalue weighted by molar-refractivity contribution is 5.99. The monoisotopic (exact) mass is 459 g/mol. The fourth-order valence-corrected chi connectivity index (χ4v) is 3.10. The number of hydrogen-bond donors (Lipinski definition) is 4. The molecule has 0 aliphatic heterocycles. The van der Waals surface area contributed by atoms with Gasteiger partial charge in [0.25, 0.3) is 0 Å². The van der Waals surface area contributed by atoms with Crippen molar-refractivity contribution in [1.82, 2.24) is 4.98 Å². The van der Waals surface area contributed by atoms with Crippen molar-refractivity contribution in [2.45, 2.75) is 0 Å². The number of methoxy groups -OCH3 is 1. The molecule has 0 unspecified atom stereocenters. The number of anilines is 2. The molecule has 0 bridgehead atoms. The van der Waals surface area contributed by atoms with Crippen molar-refractivity contribution in [2.24, 2.45) is 10.2 Å². The molecule has 1 aromatic heterocycles. The lowest BCUT2D eigenvalue weighted by atomic mass is 10.2. The molecule has 10 heteroatoms. The van der Waals surface area contributed by atoms with Gasteiger partial charge in [0, 0.05) is 16.8 Å². The summed E-state index contributed by atoms with van der Waals surface area (Å²) in [6, 6.07) is 20.3. The molecule has 4 aromatic rings. The fourth-order valence-electron chi connectivity index (χ4n) is 3.10. The summed E-state index contributed by atoms with van der Waals surface area (Å²) in [6.45, 7) is -0.350. The fraction of sp³-hybridized carbons (Fsp3) is 0.0833. The highest BCUT2D eigenvalue weighted by atomic mass is 16.5. The van der Waals surface area contributed by atoms with E-state index in [1.165, 1.54) is 7.11 Å². The molecule has 0 aliphatic rings. The Labute approximate surface area is 194 Å². The molecule has 0 saturated heterocycles. The largest absolute Gasteiger partial charge is 0.497 e. The molecule has 4 rings (SSSR count). The van der Waals surface area contributed by atoms with Gasteiger partial charge >= 0.3 is 11.9 Å². The molecule has 172 valence electrons. The Morgan fingerprint density at radius 3 is 2.32 bits per heavy atom. The first-order valence-electron chi connectivity index (χ1n) is 10.2. The van der Waals surface area contributed by atoms with Crippen molar-refractivity contribution < 1.29 is 24.2 Å². The van der Waals surface area contributed by atoms with Gasteiger partial charge in [-0.2, -0.15) is 0 Å². The zero-order chi connectivity index (χ0) is 23.9. The number of aromatic nitrogens is 1. The molecule has 3 amide bonds. The number of fused-ring (bicyclic) bond motifs is 1. The first-order valence-corrected chi connectivity index (χ1v) is 10.2. The molecule has 34 heavy (non-hydrogen) atoms. The Bertz CT molecular complexity index is 1330. The van der Waals surface area contributed by atoms with Crippen molar-refractivity contribution >= 4 is 39.9 Å². The third-order valence-electron chi connectivity index (χ3n) is 4.73. The number of ether oxygens (including phenoxy) is 2. The molecule has 0 spiro atoms. The lowest BCUT2D eigenvalue weighted by molar-refractivity contribution is -0.120. The zero-order valence-corrected chi connectivity index (χ0v) is 18.1. The van der Waals surface area contributed by atoms with Gasteiger partial charge in [0.2, 0.25) is 5.88 Å². The number of benzene rings is 3. The van der Waals surface area contributed by atoms with Gasteiger partial charge in [-0.05, 0) is 54.6 Å². The molecule has 3 aromatic carbocycles. The number of amides is 3. The third-order valence-corrected chi connectivity index (χ3v) is 4.73. The maximum atomic E-state index is 12.1. The van der Waals surface area contributed by atoms with Crippen LogP contribution in [-0.2, 0) is 4.79 Å². The number of azo groups is 1. The second-order valence-corrected chi connectivity index (χ2v) is 7.09. The van der Waals surface area contributed by atoms with Crippen molar-refractivity contribution in [1.29, 1.82) is 0 Å². The first kappa shape index (κ1) is 22.3. The third kappa shape index (κ3) is 5.49. The smallest absolute Gasteiger partial charge is 0.323 e. The van der Waals surface area contributed by atoms with E-state index < -0.39 is 5.91 Å². The van der Waals surface area contributed by atoms with Crippen molar-refractivity contribution in [3.8, 4) is 17.4 Å². The van der Waals surface area contributed by atoms with Gasteiger partial charge in [-0.25, -0.2) is 4.79 Å². The first-order chi connectivity index (χ1) is 16.5. The van der Waals surface area contributed by atoms with Crippen LogP contribution in [0.4, 0.5) is 21.9 Å². The van der Waals surface area contributed by atoms with Gasteiger partial charge in [0.15, 0.2) is 12.3 Å². The predicted octanol–water partition coefficient (Wildman–Crippen LogP) is 5.22. The lowest BCUT2D eigenvalue weighted by Gasteiger charge is -2.08. The van der Waals surface area contributed by atoms with Crippen LogP contribution >= 0.6 is 0 Å². The van der Waals surface area contributed by atoms with Gasteiger partial charge in [0.1, 0.15) is 11.5 Å². The van der Waals surface area contributed by atoms with Crippen LogP contribution in [0.3, 0.4) is 0 Å². The number of hydrogen-bond acceptors (Lipinski definition) is 6. The minimum atomic E-state index is -0.638. The number of nitrogens with zero attached hydrogens (tertiary/aromatic N) is 2. The van der Waals surface area contributed by atoms with E-state index >= 15 is 0 Å². The van der Waals surface area contributed by atoms with E-state index in [0.717, 1.165) is 0 Å². The van der Waals surface area contributed by atoms with E-state index in [1.54, 1.807) is 54.6 Å². The van der Waals surface area contributed by atoms with Crippen LogP contribution in [0.25, 0.3) is 10.9 Å². The number of para-hydroxylation sites is 1. The van der Waals surface area contributed by atoms with Crippen LogP contribution in [0.2, 0.25) is 0 Å². The summed E-state index contributed by atoms with van der Waals surface area (Å²) in [5, 5.41) is 23.5. The number of nitrogens with one attached hydrogen (secondary N) is 3. The molecular formula is C24H21N5O5. The van der Waals surface area contributed by atoms with Crippen molar-refractivity contribution in [3.63, 3.8) is 0 Å². The number of carbonyl (C=O) groups is 2. The number of aromatic amines is 1. The average molecular weight is 459 g/mol. The van der Waals surface area contributed by atoms with E-state index in [2.05, 4.69) is 25.8 Å². The van der Waals surface area contributed by atoms with E-state index in [-0.39, 0.29) is 24.2 Å². The molecule has 10 nitrogen and oxygen atoms in total. The lowest BCUT2D eigenvalue weighted by Crippen LogP contribution is -2.19. The molecule has 0 aliphatic carbocycles. The van der Waals surface area contributed by atoms with Crippen LogP contribution in [0.15, 0.2) is 83.0 Å². The van der Waals surface area contributed by atoms with Gasteiger partial charge in [-0.15, -0.1) is 10.2 Å². The van der Waals surface area contributed by atoms with E-state index in [0.29, 0.717) is 33.8 Å². The van der Waals surface area contributed by atoms with E-state index in [1.807, 2.05) is 18.2 Å². The molecule has 0 radical (unpaired) electrons. The number of aromatic hydroxyl groups is 1. The Morgan fingerprint density at radius 1 is 0.941 bits per heavy atom. The van der Waals surface area contributed by atoms with Crippen LogP contribution < -0.4 is 20.1 Å². The minimum absolute atomic E-state index is 0.131. The summed E-state index contributed by atoms with van der Waals surface area (Å²) < 4.78 is 10.6. The number of H-pyrrole nitrogens is 1. The Kier molecular flexibility index (Phi) is 6.68. The number of carbonyl (C=O) groups excluding carboxylic acids is 2. The van der Waals surface area contributed by atoms with Crippen LogP contribution in [-0.4, -0.2) is 35.7 Å². The highest BCUT2D eigenvalue weighted by Crippen LogP contribution is 2.37. The second kappa shape index (κ2) is 10.2. The topological polar surface area (TPSA) is 137 Å². The molecule has 0 saturated carbocycles. The maximum absolute atomic E-state index is 12.1. The summed E-state index contributed by atoms with van der Waals surface area (Å²) in [5.74, 6) is 0.145. The highest BCUT2D eigenvalue weighted by Gasteiger charge is 2.12. The quantitative estimate of drug-likeness (QED) is 0.281. The number of rotatable bonds is 7. The average Bonchev–Trinajstić information content (AvgIpc) is 3.16.